The molecule has 0 heterocycles. The number of nitrogens with one attached hydrogen (secondary N) is 1. The van der Waals surface area contributed by atoms with E-state index in [0.29, 0.717) is 22.8 Å². The molecule has 0 bridgehead atoms. The third kappa shape index (κ3) is 6.43. The molecule has 0 fully saturated rings. The van der Waals surface area contributed by atoms with Crippen LogP contribution in [-0.2, 0) is 4.79 Å². The first-order chi connectivity index (χ1) is 15.0. The second-order valence-corrected chi connectivity index (χ2v) is 6.53. The number of esters is 1. The topological polar surface area (TPSA) is 86.2 Å². The van der Waals surface area contributed by atoms with Crippen LogP contribution in [-0.4, -0.2) is 31.8 Å². The summed E-state index contributed by atoms with van der Waals surface area (Å²) in [7, 11) is 1.56. The molecule has 0 aliphatic heterocycles. The van der Waals surface area contributed by atoms with Crippen molar-refractivity contribution in [2.75, 3.05) is 13.7 Å². The fourth-order valence-electron chi connectivity index (χ4n) is 2.59. The first kappa shape index (κ1) is 21.6. The Bertz CT molecular complexity index is 1060. The number of ether oxygens (including phenoxy) is 3. The minimum atomic E-state index is -0.468. The molecule has 3 aromatic carbocycles. The van der Waals surface area contributed by atoms with Gasteiger partial charge in [-0.05, 0) is 72.6 Å². The highest BCUT2D eigenvalue weighted by Gasteiger charge is 2.08. The van der Waals surface area contributed by atoms with Gasteiger partial charge in [-0.2, -0.15) is 5.10 Å². The predicted octanol–water partition coefficient (Wildman–Crippen LogP) is 3.75. The number of carbonyl (C=O) groups is 2. The van der Waals surface area contributed by atoms with Gasteiger partial charge in [0.2, 0.25) is 0 Å². The van der Waals surface area contributed by atoms with Crippen LogP contribution in [0.15, 0.2) is 77.9 Å². The molecular weight excluding hydrogens is 396 g/mol. The van der Waals surface area contributed by atoms with Crippen LogP contribution < -0.4 is 19.6 Å². The fourth-order valence-corrected chi connectivity index (χ4v) is 2.59. The van der Waals surface area contributed by atoms with Crippen molar-refractivity contribution < 1.29 is 23.8 Å². The van der Waals surface area contributed by atoms with Crippen molar-refractivity contribution in [3.05, 3.63) is 89.5 Å². The van der Waals surface area contributed by atoms with Gasteiger partial charge in [0, 0.05) is 0 Å². The zero-order valence-electron chi connectivity index (χ0n) is 17.2. The van der Waals surface area contributed by atoms with Crippen LogP contribution in [0, 0.1) is 6.92 Å². The van der Waals surface area contributed by atoms with E-state index in [4.69, 9.17) is 14.2 Å². The number of methoxy groups -OCH3 is 1. The van der Waals surface area contributed by atoms with E-state index in [9.17, 15) is 9.59 Å². The van der Waals surface area contributed by atoms with E-state index in [2.05, 4.69) is 10.5 Å². The summed E-state index contributed by atoms with van der Waals surface area (Å²) in [4.78, 5) is 24.0. The summed E-state index contributed by atoms with van der Waals surface area (Å²) in [6, 6.07) is 20.8. The van der Waals surface area contributed by atoms with Crippen LogP contribution in [0.3, 0.4) is 0 Å². The van der Waals surface area contributed by atoms with E-state index >= 15 is 0 Å². The van der Waals surface area contributed by atoms with Crippen molar-refractivity contribution in [1.29, 1.82) is 0 Å². The average molecular weight is 418 g/mol. The van der Waals surface area contributed by atoms with Gasteiger partial charge < -0.3 is 14.2 Å². The normalized spacial score (nSPS) is 10.5. The molecule has 0 saturated heterocycles. The lowest BCUT2D eigenvalue weighted by atomic mass is 10.2. The van der Waals surface area contributed by atoms with Crippen LogP contribution >= 0.6 is 0 Å². The van der Waals surface area contributed by atoms with Gasteiger partial charge in [0.05, 0.1) is 18.9 Å². The highest BCUT2D eigenvalue weighted by molar-refractivity contribution is 5.91. The number of amides is 1. The molecule has 0 saturated carbocycles. The van der Waals surface area contributed by atoms with Gasteiger partial charge in [-0.1, -0.05) is 18.2 Å². The van der Waals surface area contributed by atoms with E-state index in [0.717, 1.165) is 11.1 Å². The Kier molecular flexibility index (Phi) is 7.37. The number of nitrogens with zero attached hydrogens (tertiary/aromatic N) is 1. The van der Waals surface area contributed by atoms with E-state index in [1.165, 1.54) is 6.21 Å². The van der Waals surface area contributed by atoms with Crippen LogP contribution in [0.25, 0.3) is 0 Å². The minimum Gasteiger partial charge on any atom is -0.497 e. The van der Waals surface area contributed by atoms with Gasteiger partial charge in [0.1, 0.15) is 17.2 Å². The molecule has 7 heteroatoms. The number of para-hydroxylation sites is 1. The molecule has 1 amide bonds. The molecule has 0 radical (unpaired) electrons. The van der Waals surface area contributed by atoms with E-state index in [-0.39, 0.29) is 12.5 Å². The maximum atomic E-state index is 12.2. The maximum Gasteiger partial charge on any atom is 0.343 e. The SMILES string of the molecule is COc1ccc(C(=O)Oc2ccc(C=NNC(=O)COc3ccccc3C)cc2)cc1. The molecule has 0 atom stereocenters. The van der Waals surface area contributed by atoms with Gasteiger partial charge in [-0.3, -0.25) is 4.79 Å². The molecule has 1 N–H and O–H groups in total. The lowest BCUT2D eigenvalue weighted by Crippen LogP contribution is -2.24. The first-order valence-electron chi connectivity index (χ1n) is 9.52. The van der Waals surface area contributed by atoms with Crippen molar-refractivity contribution >= 4 is 18.1 Å². The van der Waals surface area contributed by atoms with Gasteiger partial charge in [0.15, 0.2) is 6.61 Å². The number of aryl methyl sites for hydroxylation is 1. The number of benzene rings is 3. The van der Waals surface area contributed by atoms with Crippen molar-refractivity contribution in [2.24, 2.45) is 5.10 Å². The minimum absolute atomic E-state index is 0.136. The van der Waals surface area contributed by atoms with Crippen molar-refractivity contribution in [2.45, 2.75) is 6.92 Å². The molecule has 3 aromatic rings. The zero-order valence-corrected chi connectivity index (χ0v) is 17.2. The Morgan fingerprint density at radius 3 is 2.29 bits per heavy atom. The molecule has 31 heavy (non-hydrogen) atoms. The van der Waals surface area contributed by atoms with E-state index in [1.54, 1.807) is 61.7 Å². The molecule has 158 valence electrons. The lowest BCUT2D eigenvalue weighted by molar-refractivity contribution is -0.123. The second kappa shape index (κ2) is 10.6. The van der Waals surface area contributed by atoms with E-state index in [1.807, 2.05) is 25.1 Å². The summed E-state index contributed by atoms with van der Waals surface area (Å²) in [5, 5.41) is 3.91. The summed E-state index contributed by atoms with van der Waals surface area (Å²) in [6.07, 6.45) is 1.49. The summed E-state index contributed by atoms with van der Waals surface area (Å²) in [6.45, 7) is 1.77. The second-order valence-electron chi connectivity index (χ2n) is 6.53. The van der Waals surface area contributed by atoms with E-state index < -0.39 is 5.97 Å². The standard InChI is InChI=1S/C24H22N2O5/c1-17-5-3-4-6-22(17)30-16-23(27)26-25-15-18-7-11-21(12-8-18)31-24(28)19-9-13-20(29-2)14-10-19/h3-15H,16H2,1-2H3,(H,26,27). The molecule has 0 aliphatic rings. The van der Waals surface area contributed by atoms with Crippen LogP contribution in [0.1, 0.15) is 21.5 Å². The molecule has 0 unspecified atom stereocenters. The summed E-state index contributed by atoms with van der Waals surface area (Å²) < 4.78 is 15.9. The number of rotatable bonds is 8. The number of hydrazone groups is 1. The monoisotopic (exact) mass is 418 g/mol. The smallest absolute Gasteiger partial charge is 0.343 e. The first-order valence-corrected chi connectivity index (χ1v) is 9.52. The van der Waals surface area contributed by atoms with Crippen LogP contribution in [0.2, 0.25) is 0 Å². The van der Waals surface area contributed by atoms with Gasteiger partial charge in [-0.15, -0.1) is 0 Å². The number of carbonyl (C=O) groups excluding carboxylic acids is 2. The largest absolute Gasteiger partial charge is 0.497 e. The Balaban J connectivity index is 1.47. The lowest BCUT2D eigenvalue weighted by Gasteiger charge is -2.07. The Morgan fingerprint density at radius 2 is 1.61 bits per heavy atom. The Labute approximate surface area is 180 Å². The summed E-state index contributed by atoms with van der Waals surface area (Å²) >= 11 is 0. The quantitative estimate of drug-likeness (QED) is 0.261. The van der Waals surface area contributed by atoms with Crippen molar-refractivity contribution in [3.8, 4) is 17.2 Å². The Morgan fingerprint density at radius 1 is 0.935 bits per heavy atom. The van der Waals surface area contributed by atoms with Crippen LogP contribution in [0.5, 0.6) is 17.2 Å². The van der Waals surface area contributed by atoms with Crippen molar-refractivity contribution in [1.82, 2.24) is 5.43 Å². The number of hydrogen-bond acceptors (Lipinski definition) is 6. The third-order valence-electron chi connectivity index (χ3n) is 4.27. The molecule has 0 spiro atoms. The number of hydrogen-bond donors (Lipinski definition) is 1. The van der Waals surface area contributed by atoms with Gasteiger partial charge >= 0.3 is 5.97 Å². The van der Waals surface area contributed by atoms with Gasteiger partial charge in [0.25, 0.3) is 5.91 Å². The molecule has 7 nitrogen and oxygen atoms in total. The Hall–Kier alpha value is -4.13. The highest BCUT2D eigenvalue weighted by atomic mass is 16.5. The fraction of sp³-hybridized carbons (Fsp3) is 0.125. The average Bonchev–Trinajstić information content (AvgIpc) is 2.79. The summed E-state index contributed by atoms with van der Waals surface area (Å²) in [5.74, 6) is 0.874. The maximum absolute atomic E-state index is 12.2. The molecular formula is C24H22N2O5. The highest BCUT2D eigenvalue weighted by Crippen LogP contribution is 2.17. The zero-order chi connectivity index (χ0) is 22.1. The predicted molar refractivity (Wildman–Crippen MR) is 117 cm³/mol. The van der Waals surface area contributed by atoms with Crippen molar-refractivity contribution in [3.63, 3.8) is 0 Å². The van der Waals surface area contributed by atoms with Gasteiger partial charge in [-0.25, -0.2) is 10.2 Å². The third-order valence-corrected chi connectivity index (χ3v) is 4.27. The summed E-state index contributed by atoms with van der Waals surface area (Å²) in [5.41, 5.74) is 4.50. The molecule has 0 aliphatic carbocycles. The molecule has 3 rings (SSSR count). The molecule has 0 aromatic heterocycles. The van der Waals surface area contributed by atoms with Crippen LogP contribution in [0.4, 0.5) is 0 Å².